The summed E-state index contributed by atoms with van der Waals surface area (Å²) in [5, 5.41) is 8.97. The van der Waals surface area contributed by atoms with Crippen LogP contribution in [0, 0.1) is 0 Å². The largest absolute Gasteiger partial charge is 0.339 e. The van der Waals surface area contributed by atoms with Crippen LogP contribution in [0.5, 0.6) is 0 Å². The maximum absolute atomic E-state index is 12.5. The maximum Gasteiger partial charge on any atom is 0.254 e. The van der Waals surface area contributed by atoms with Crippen LogP contribution in [0.2, 0.25) is 5.02 Å². The van der Waals surface area contributed by atoms with E-state index in [0.29, 0.717) is 0 Å². The zero-order valence-corrected chi connectivity index (χ0v) is 18.1. The van der Waals surface area contributed by atoms with E-state index in [1.54, 1.807) is 24.3 Å². The van der Waals surface area contributed by atoms with Gasteiger partial charge in [0.15, 0.2) is 5.11 Å². The molecule has 0 saturated heterocycles. The molecule has 1 atom stereocenters. The zero-order chi connectivity index (χ0) is 20.0. The van der Waals surface area contributed by atoms with Gasteiger partial charge in [-0.2, -0.15) is 0 Å². The summed E-state index contributed by atoms with van der Waals surface area (Å²) in [5.41, 5.74) is 2.17. The van der Waals surface area contributed by atoms with Crippen molar-refractivity contribution >= 4 is 75.3 Å². The second kappa shape index (κ2) is 9.80. The molecule has 2 aromatic rings. The number of rotatable bonds is 5. The molecule has 0 aliphatic rings. The number of hydrogen-bond donors (Lipinski definition) is 3. The first-order valence-electron chi connectivity index (χ1n) is 8.00. The van der Waals surface area contributed by atoms with Gasteiger partial charge in [0.25, 0.3) is 5.91 Å². The van der Waals surface area contributed by atoms with Crippen molar-refractivity contribution in [3.05, 3.63) is 64.7 Å². The molecule has 0 bridgehead atoms. The van der Waals surface area contributed by atoms with E-state index >= 15 is 0 Å². The number of alkyl halides is 3. The lowest BCUT2D eigenvalue weighted by molar-refractivity contribution is 0.0934. The molecule has 0 spiro atoms. The number of anilines is 1. The van der Waals surface area contributed by atoms with Crippen LogP contribution in [-0.4, -0.2) is 21.0 Å². The second-order valence-electron chi connectivity index (χ2n) is 5.54. The maximum atomic E-state index is 12.5. The summed E-state index contributed by atoms with van der Waals surface area (Å²) >= 11 is 29.4. The minimum absolute atomic E-state index is 0.201. The second-order valence-corrected chi connectivity index (χ2v) is 8.72. The first-order chi connectivity index (χ1) is 12.7. The van der Waals surface area contributed by atoms with Crippen LogP contribution < -0.4 is 16.0 Å². The van der Waals surface area contributed by atoms with E-state index in [9.17, 15) is 4.79 Å². The lowest BCUT2D eigenvalue weighted by Gasteiger charge is -2.28. The number of thiocarbonyl (C=S) groups is 1. The summed E-state index contributed by atoms with van der Waals surface area (Å²) in [7, 11) is 0. The molecule has 27 heavy (non-hydrogen) atoms. The van der Waals surface area contributed by atoms with Gasteiger partial charge in [0.2, 0.25) is 3.79 Å². The van der Waals surface area contributed by atoms with Gasteiger partial charge in [0.05, 0.1) is 10.6 Å². The minimum atomic E-state index is -1.85. The van der Waals surface area contributed by atoms with Gasteiger partial charge in [-0.1, -0.05) is 83.7 Å². The third kappa shape index (κ3) is 6.40. The Morgan fingerprint density at radius 1 is 1.07 bits per heavy atom. The fourth-order valence-corrected chi connectivity index (χ4v) is 3.07. The first kappa shape index (κ1) is 22.1. The van der Waals surface area contributed by atoms with Gasteiger partial charge < -0.3 is 16.0 Å². The summed E-state index contributed by atoms with van der Waals surface area (Å²) in [6, 6.07) is 14.3. The number of carbonyl (C=O) groups excluding carboxylic acids is 1. The fourth-order valence-electron chi connectivity index (χ4n) is 2.29. The lowest BCUT2D eigenvalue weighted by atomic mass is 10.1. The number of amides is 1. The highest BCUT2D eigenvalue weighted by Crippen LogP contribution is 2.29. The van der Waals surface area contributed by atoms with Crippen LogP contribution in [-0.2, 0) is 6.42 Å². The molecule has 0 radical (unpaired) electrons. The van der Waals surface area contributed by atoms with E-state index in [0.717, 1.165) is 17.7 Å². The monoisotopic (exact) mass is 463 g/mol. The first-order valence-corrected chi connectivity index (χ1v) is 9.92. The Morgan fingerprint density at radius 2 is 1.70 bits per heavy atom. The summed E-state index contributed by atoms with van der Waals surface area (Å²) in [6.45, 7) is 2.03. The molecule has 2 rings (SSSR count). The molecule has 0 fully saturated rings. The smallest absolute Gasteiger partial charge is 0.254 e. The Hall–Kier alpha value is -1.24. The highest BCUT2D eigenvalue weighted by molar-refractivity contribution is 7.80. The lowest BCUT2D eigenvalue weighted by Crippen LogP contribution is -2.56. The van der Waals surface area contributed by atoms with Crippen LogP contribution in [0.3, 0.4) is 0 Å². The Morgan fingerprint density at radius 3 is 2.33 bits per heavy atom. The van der Waals surface area contributed by atoms with Crippen molar-refractivity contribution in [1.82, 2.24) is 10.6 Å². The van der Waals surface area contributed by atoms with E-state index in [2.05, 4.69) is 16.0 Å². The molecule has 144 valence electrons. The highest BCUT2D eigenvalue weighted by atomic mass is 35.6. The van der Waals surface area contributed by atoms with E-state index in [4.69, 9.17) is 58.6 Å². The normalized spacial score (nSPS) is 12.2. The summed E-state index contributed by atoms with van der Waals surface area (Å²) in [4.78, 5) is 12.5. The zero-order valence-electron chi connectivity index (χ0n) is 14.2. The number of benzene rings is 2. The molecule has 4 nitrogen and oxygen atoms in total. The third-order valence-corrected chi connectivity index (χ3v) is 4.85. The summed E-state index contributed by atoms with van der Waals surface area (Å²) < 4.78 is -1.85. The SMILES string of the molecule is CCc1ccccc1NC(=S)NC(NC(=O)c1ccccc1Cl)C(Cl)(Cl)Cl. The predicted molar refractivity (Wildman–Crippen MR) is 118 cm³/mol. The topological polar surface area (TPSA) is 53.2 Å². The molecule has 0 aliphatic heterocycles. The van der Waals surface area contributed by atoms with Crippen LogP contribution in [0.25, 0.3) is 0 Å². The molecule has 1 amide bonds. The molecule has 0 aromatic heterocycles. The van der Waals surface area contributed by atoms with Crippen molar-refractivity contribution in [2.24, 2.45) is 0 Å². The molecule has 9 heteroatoms. The Bertz CT molecular complexity index is 826. The van der Waals surface area contributed by atoms with Crippen LogP contribution >= 0.6 is 58.6 Å². The van der Waals surface area contributed by atoms with Crippen molar-refractivity contribution < 1.29 is 4.79 Å². The molecule has 0 saturated carbocycles. The van der Waals surface area contributed by atoms with Crippen molar-refractivity contribution in [2.75, 3.05) is 5.32 Å². The van der Waals surface area contributed by atoms with Crippen molar-refractivity contribution in [1.29, 1.82) is 0 Å². The third-order valence-electron chi connectivity index (χ3n) is 3.64. The van der Waals surface area contributed by atoms with Gasteiger partial charge in [-0.15, -0.1) is 0 Å². The molecule has 3 N–H and O–H groups in total. The van der Waals surface area contributed by atoms with Crippen molar-refractivity contribution in [3.63, 3.8) is 0 Å². The van der Waals surface area contributed by atoms with Gasteiger partial charge in [0.1, 0.15) is 6.17 Å². The van der Waals surface area contributed by atoms with E-state index in [1.165, 1.54) is 0 Å². The van der Waals surface area contributed by atoms with E-state index in [1.807, 2.05) is 31.2 Å². The van der Waals surface area contributed by atoms with Gasteiger partial charge >= 0.3 is 0 Å². The highest BCUT2D eigenvalue weighted by Gasteiger charge is 2.35. The standard InChI is InChI=1S/C18H17Cl4N3OS/c1-2-11-7-3-6-10-14(11)23-17(27)25-16(18(20,21)22)24-15(26)12-8-4-5-9-13(12)19/h3-10,16H,2H2,1H3,(H,24,26)(H2,23,25,27). The summed E-state index contributed by atoms with van der Waals surface area (Å²) in [6.07, 6.45) is -0.261. The minimum Gasteiger partial charge on any atom is -0.339 e. The van der Waals surface area contributed by atoms with Crippen molar-refractivity contribution in [2.45, 2.75) is 23.3 Å². The quantitative estimate of drug-likeness (QED) is 0.318. The number of carbonyl (C=O) groups is 1. The number of hydrogen-bond acceptors (Lipinski definition) is 2. The van der Waals surface area contributed by atoms with Crippen LogP contribution in [0.4, 0.5) is 5.69 Å². The molecular formula is C18H17Cl4N3OS. The van der Waals surface area contributed by atoms with Crippen molar-refractivity contribution in [3.8, 4) is 0 Å². The average Bonchev–Trinajstić information content (AvgIpc) is 2.61. The molecule has 2 aromatic carbocycles. The van der Waals surface area contributed by atoms with Gasteiger partial charge in [-0.25, -0.2) is 0 Å². The average molecular weight is 465 g/mol. The number of nitrogens with one attached hydrogen (secondary N) is 3. The summed E-state index contributed by atoms with van der Waals surface area (Å²) in [5.74, 6) is -0.499. The molecular weight excluding hydrogens is 448 g/mol. The Kier molecular flexibility index (Phi) is 8.01. The van der Waals surface area contributed by atoms with Gasteiger partial charge in [0, 0.05) is 5.69 Å². The Labute approximate surface area is 183 Å². The van der Waals surface area contributed by atoms with Gasteiger partial charge in [-0.05, 0) is 42.4 Å². The predicted octanol–water partition coefficient (Wildman–Crippen LogP) is 5.32. The fraction of sp³-hybridized carbons (Fsp3) is 0.222. The number of aryl methyl sites for hydroxylation is 1. The van der Waals surface area contributed by atoms with Gasteiger partial charge in [-0.3, -0.25) is 4.79 Å². The molecule has 1 unspecified atom stereocenters. The van der Waals surface area contributed by atoms with E-state index < -0.39 is 15.9 Å². The van der Waals surface area contributed by atoms with E-state index in [-0.39, 0.29) is 15.7 Å². The van der Waals surface area contributed by atoms with Crippen LogP contribution in [0.15, 0.2) is 48.5 Å². The molecule has 0 heterocycles. The number of para-hydroxylation sites is 1. The Balaban J connectivity index is 2.12. The number of halogens is 4. The van der Waals surface area contributed by atoms with Crippen LogP contribution in [0.1, 0.15) is 22.8 Å². The molecule has 0 aliphatic carbocycles.